The summed E-state index contributed by atoms with van der Waals surface area (Å²) in [5.74, 6) is 0.777. The Labute approximate surface area is 123 Å². The molecule has 1 fully saturated rings. The summed E-state index contributed by atoms with van der Waals surface area (Å²) < 4.78 is 5.47. The zero-order chi connectivity index (χ0) is 14.4. The minimum Gasteiger partial charge on any atom is -0.381 e. The SMILES string of the molecule is CCCNC(CC1CCOCC1)c1ccc(C)nc1C. The molecular weight excluding hydrogens is 248 g/mol. The molecule has 3 heteroatoms. The van der Waals surface area contributed by atoms with Crippen molar-refractivity contribution in [2.45, 2.75) is 52.5 Å². The number of ether oxygens (including phenoxy) is 1. The summed E-state index contributed by atoms with van der Waals surface area (Å²) in [5.41, 5.74) is 3.65. The lowest BCUT2D eigenvalue weighted by atomic mass is 9.89. The number of aromatic nitrogens is 1. The van der Waals surface area contributed by atoms with E-state index in [2.05, 4.69) is 43.2 Å². The number of nitrogens with one attached hydrogen (secondary N) is 1. The van der Waals surface area contributed by atoms with Crippen LogP contribution in [0, 0.1) is 19.8 Å². The highest BCUT2D eigenvalue weighted by Crippen LogP contribution is 2.29. The van der Waals surface area contributed by atoms with Gasteiger partial charge in [-0.05, 0) is 63.6 Å². The number of aryl methyl sites for hydroxylation is 2. The van der Waals surface area contributed by atoms with Gasteiger partial charge in [-0.1, -0.05) is 13.0 Å². The Bertz CT molecular complexity index is 413. The van der Waals surface area contributed by atoms with E-state index in [4.69, 9.17) is 4.74 Å². The summed E-state index contributed by atoms with van der Waals surface area (Å²) in [6, 6.07) is 4.82. The van der Waals surface area contributed by atoms with Crippen LogP contribution in [-0.4, -0.2) is 24.7 Å². The van der Waals surface area contributed by atoms with Gasteiger partial charge in [0.25, 0.3) is 0 Å². The first-order chi connectivity index (χ1) is 9.70. The van der Waals surface area contributed by atoms with Gasteiger partial charge < -0.3 is 10.1 Å². The van der Waals surface area contributed by atoms with E-state index in [1.54, 1.807) is 0 Å². The molecule has 0 radical (unpaired) electrons. The molecule has 3 nitrogen and oxygen atoms in total. The van der Waals surface area contributed by atoms with Crippen LogP contribution in [0.3, 0.4) is 0 Å². The number of hydrogen-bond donors (Lipinski definition) is 1. The molecule has 1 N–H and O–H groups in total. The average Bonchev–Trinajstić information content (AvgIpc) is 2.45. The van der Waals surface area contributed by atoms with Gasteiger partial charge in [0.15, 0.2) is 0 Å². The van der Waals surface area contributed by atoms with Gasteiger partial charge in [-0.15, -0.1) is 0 Å². The van der Waals surface area contributed by atoms with Crippen molar-refractivity contribution >= 4 is 0 Å². The zero-order valence-corrected chi connectivity index (χ0v) is 13.1. The fourth-order valence-corrected chi connectivity index (χ4v) is 3.02. The summed E-state index contributed by atoms with van der Waals surface area (Å²) in [7, 11) is 0. The molecule has 0 saturated carbocycles. The van der Waals surface area contributed by atoms with Crippen LogP contribution < -0.4 is 5.32 Å². The van der Waals surface area contributed by atoms with E-state index < -0.39 is 0 Å². The molecule has 1 aromatic heterocycles. The first kappa shape index (κ1) is 15.5. The fraction of sp³-hybridized carbons (Fsp3) is 0.706. The first-order valence-corrected chi connectivity index (χ1v) is 7.96. The van der Waals surface area contributed by atoms with Crippen molar-refractivity contribution in [1.82, 2.24) is 10.3 Å². The van der Waals surface area contributed by atoms with Gasteiger partial charge in [0.2, 0.25) is 0 Å². The fourth-order valence-electron chi connectivity index (χ4n) is 3.02. The van der Waals surface area contributed by atoms with Crippen LogP contribution in [0.25, 0.3) is 0 Å². The lowest BCUT2D eigenvalue weighted by Crippen LogP contribution is -2.27. The molecule has 1 aliphatic rings. The summed E-state index contributed by atoms with van der Waals surface area (Å²) in [6.45, 7) is 9.34. The van der Waals surface area contributed by atoms with Crippen molar-refractivity contribution in [3.63, 3.8) is 0 Å². The number of pyridine rings is 1. The molecule has 0 aromatic carbocycles. The molecular formula is C17H28N2O. The first-order valence-electron chi connectivity index (χ1n) is 7.96. The molecule has 1 unspecified atom stereocenters. The van der Waals surface area contributed by atoms with Crippen LogP contribution in [0.15, 0.2) is 12.1 Å². The second kappa shape index (κ2) is 7.75. The molecule has 0 aliphatic carbocycles. The lowest BCUT2D eigenvalue weighted by molar-refractivity contribution is 0.0605. The maximum atomic E-state index is 5.47. The molecule has 20 heavy (non-hydrogen) atoms. The Balaban J connectivity index is 2.08. The number of rotatable bonds is 6. The van der Waals surface area contributed by atoms with Crippen molar-refractivity contribution in [2.24, 2.45) is 5.92 Å². The second-order valence-corrected chi connectivity index (χ2v) is 5.93. The lowest BCUT2D eigenvalue weighted by Gasteiger charge is -2.28. The normalized spacial score (nSPS) is 18.1. The Kier molecular flexibility index (Phi) is 5.99. The summed E-state index contributed by atoms with van der Waals surface area (Å²) in [5, 5.41) is 3.71. The van der Waals surface area contributed by atoms with Crippen LogP contribution >= 0.6 is 0 Å². The highest BCUT2D eigenvalue weighted by atomic mass is 16.5. The molecule has 0 spiro atoms. The van der Waals surface area contributed by atoms with Gasteiger partial charge >= 0.3 is 0 Å². The maximum Gasteiger partial charge on any atom is 0.0468 e. The number of hydrogen-bond acceptors (Lipinski definition) is 3. The summed E-state index contributed by atoms with van der Waals surface area (Å²) in [4.78, 5) is 4.63. The Morgan fingerprint density at radius 1 is 1.30 bits per heavy atom. The van der Waals surface area contributed by atoms with E-state index in [-0.39, 0.29) is 0 Å². The van der Waals surface area contributed by atoms with Gasteiger partial charge in [0.1, 0.15) is 0 Å². The molecule has 0 bridgehead atoms. The van der Waals surface area contributed by atoms with Crippen molar-refractivity contribution in [1.29, 1.82) is 0 Å². The molecule has 1 atom stereocenters. The smallest absolute Gasteiger partial charge is 0.0468 e. The Hall–Kier alpha value is -0.930. The minimum absolute atomic E-state index is 0.436. The van der Waals surface area contributed by atoms with Gasteiger partial charge in [0.05, 0.1) is 0 Å². The molecule has 1 saturated heterocycles. The van der Waals surface area contributed by atoms with Gasteiger partial charge in [-0.2, -0.15) is 0 Å². The van der Waals surface area contributed by atoms with Crippen LogP contribution in [0.1, 0.15) is 55.6 Å². The van der Waals surface area contributed by atoms with E-state index in [1.807, 2.05) is 0 Å². The highest BCUT2D eigenvalue weighted by molar-refractivity contribution is 5.25. The predicted octanol–water partition coefficient (Wildman–Crippen LogP) is 3.56. The van der Waals surface area contributed by atoms with E-state index in [9.17, 15) is 0 Å². The molecule has 2 heterocycles. The third-order valence-corrected chi connectivity index (χ3v) is 4.19. The van der Waals surface area contributed by atoms with Crippen molar-refractivity contribution < 1.29 is 4.74 Å². The third kappa shape index (κ3) is 4.29. The summed E-state index contributed by atoms with van der Waals surface area (Å²) >= 11 is 0. The molecule has 112 valence electrons. The van der Waals surface area contributed by atoms with Gasteiger partial charge in [-0.25, -0.2) is 0 Å². The molecule has 0 amide bonds. The Morgan fingerprint density at radius 2 is 2.05 bits per heavy atom. The van der Waals surface area contributed by atoms with Crippen molar-refractivity contribution in [3.05, 3.63) is 29.1 Å². The Morgan fingerprint density at radius 3 is 2.70 bits per heavy atom. The van der Waals surface area contributed by atoms with Crippen LogP contribution in [0.4, 0.5) is 0 Å². The summed E-state index contributed by atoms with van der Waals surface area (Å²) in [6.07, 6.45) is 4.77. The van der Waals surface area contributed by atoms with Crippen LogP contribution in [0.2, 0.25) is 0 Å². The van der Waals surface area contributed by atoms with Crippen molar-refractivity contribution in [2.75, 3.05) is 19.8 Å². The molecule has 1 aliphatic heterocycles. The van der Waals surface area contributed by atoms with Gasteiger partial charge in [-0.3, -0.25) is 4.98 Å². The average molecular weight is 276 g/mol. The van der Waals surface area contributed by atoms with E-state index in [1.165, 1.54) is 36.9 Å². The van der Waals surface area contributed by atoms with Gasteiger partial charge in [0, 0.05) is 30.6 Å². The largest absolute Gasteiger partial charge is 0.381 e. The highest BCUT2D eigenvalue weighted by Gasteiger charge is 2.21. The van der Waals surface area contributed by atoms with Crippen molar-refractivity contribution in [3.8, 4) is 0 Å². The zero-order valence-electron chi connectivity index (χ0n) is 13.1. The molecule has 1 aromatic rings. The quantitative estimate of drug-likeness (QED) is 0.862. The number of nitrogens with zero attached hydrogens (tertiary/aromatic N) is 1. The van der Waals surface area contributed by atoms with E-state index in [0.29, 0.717) is 6.04 Å². The second-order valence-electron chi connectivity index (χ2n) is 5.93. The van der Waals surface area contributed by atoms with E-state index >= 15 is 0 Å². The van der Waals surface area contributed by atoms with E-state index in [0.717, 1.165) is 31.4 Å². The standard InChI is InChI=1S/C17H28N2O/c1-4-9-18-17(12-15-7-10-20-11-8-15)16-6-5-13(2)19-14(16)3/h5-6,15,17-18H,4,7-12H2,1-3H3. The maximum absolute atomic E-state index is 5.47. The predicted molar refractivity (Wildman–Crippen MR) is 82.9 cm³/mol. The topological polar surface area (TPSA) is 34.1 Å². The van der Waals surface area contributed by atoms with Crippen LogP contribution in [-0.2, 0) is 4.74 Å². The molecule has 2 rings (SSSR count). The monoisotopic (exact) mass is 276 g/mol. The minimum atomic E-state index is 0.436. The van der Waals surface area contributed by atoms with Crippen LogP contribution in [0.5, 0.6) is 0 Å². The third-order valence-electron chi connectivity index (χ3n) is 4.19.